The average Bonchev–Trinajstić information content (AvgIpc) is 3.33. The van der Waals surface area contributed by atoms with E-state index in [-0.39, 0.29) is 23.6 Å². The van der Waals surface area contributed by atoms with Gasteiger partial charge in [0.15, 0.2) is 0 Å². The van der Waals surface area contributed by atoms with Gasteiger partial charge in [-0.3, -0.25) is 19.7 Å². The van der Waals surface area contributed by atoms with Crippen LogP contribution in [0, 0.1) is 0 Å². The van der Waals surface area contributed by atoms with Gasteiger partial charge in [0, 0.05) is 62.9 Å². The Hall–Kier alpha value is -3.39. The van der Waals surface area contributed by atoms with E-state index in [4.69, 9.17) is 16.3 Å². The number of carbonyl (C=O) groups excluding carboxylic acids is 2. The Morgan fingerprint density at radius 1 is 1.22 bits per heavy atom. The Morgan fingerprint density at radius 2 is 1.97 bits per heavy atom. The molecule has 0 radical (unpaired) electrons. The van der Waals surface area contributed by atoms with Crippen molar-refractivity contribution in [2.24, 2.45) is 0 Å². The largest absolute Gasteiger partial charge is 0.489 e. The number of nitrogens with zero attached hydrogens (tertiary/aromatic N) is 3. The summed E-state index contributed by atoms with van der Waals surface area (Å²) in [6.07, 6.45) is 4.71. The molecule has 1 aromatic carbocycles. The molecule has 0 aliphatic carbocycles. The number of aromatic amines is 1. The zero-order valence-electron chi connectivity index (χ0n) is 17.7. The van der Waals surface area contributed by atoms with Gasteiger partial charge in [-0.15, -0.1) is 0 Å². The molecule has 1 aliphatic rings. The van der Waals surface area contributed by atoms with Crippen LogP contribution >= 0.6 is 11.6 Å². The zero-order valence-corrected chi connectivity index (χ0v) is 18.4. The summed E-state index contributed by atoms with van der Waals surface area (Å²) in [6.45, 7) is 3.24. The fourth-order valence-corrected chi connectivity index (χ4v) is 3.73. The third-order valence-corrected chi connectivity index (χ3v) is 5.67. The van der Waals surface area contributed by atoms with E-state index >= 15 is 0 Å². The first-order chi connectivity index (χ1) is 15.5. The smallest absolute Gasteiger partial charge is 0.270 e. The van der Waals surface area contributed by atoms with E-state index in [2.05, 4.69) is 20.5 Å². The van der Waals surface area contributed by atoms with Crippen LogP contribution in [0.25, 0.3) is 11.3 Å². The highest BCUT2D eigenvalue weighted by Gasteiger charge is 2.24. The standard InChI is InChI=1S/C23H24ClN5O3/c1-15(30)29-10-7-18(8-11-29)32-22-12-21(25-14-19(22)20-6-9-27-28-20)23(31)26-13-16-2-4-17(24)5-3-16/h2-6,9,12,14,18H,7-8,10-11,13H2,1H3,(H,26,31)(H,27,28). The van der Waals surface area contributed by atoms with Gasteiger partial charge in [0.1, 0.15) is 17.5 Å². The lowest BCUT2D eigenvalue weighted by molar-refractivity contribution is -0.130. The van der Waals surface area contributed by atoms with Crippen LogP contribution in [-0.2, 0) is 11.3 Å². The van der Waals surface area contributed by atoms with Crippen molar-refractivity contribution in [2.45, 2.75) is 32.4 Å². The molecule has 1 aliphatic heterocycles. The molecule has 0 bridgehead atoms. The maximum atomic E-state index is 12.7. The highest BCUT2D eigenvalue weighted by atomic mass is 35.5. The molecule has 0 unspecified atom stereocenters. The highest BCUT2D eigenvalue weighted by Crippen LogP contribution is 2.31. The molecule has 8 nitrogen and oxygen atoms in total. The number of benzene rings is 1. The lowest BCUT2D eigenvalue weighted by Crippen LogP contribution is -2.40. The molecular formula is C23H24ClN5O3. The molecule has 4 rings (SSSR count). The van der Waals surface area contributed by atoms with Crippen molar-refractivity contribution in [1.29, 1.82) is 0 Å². The zero-order chi connectivity index (χ0) is 22.5. The molecule has 1 fully saturated rings. The predicted molar refractivity (Wildman–Crippen MR) is 120 cm³/mol. The van der Waals surface area contributed by atoms with Crippen molar-refractivity contribution in [3.8, 4) is 17.0 Å². The van der Waals surface area contributed by atoms with Crippen LogP contribution in [0.2, 0.25) is 5.02 Å². The van der Waals surface area contributed by atoms with Crippen LogP contribution in [0.4, 0.5) is 0 Å². The normalized spacial score (nSPS) is 14.2. The van der Waals surface area contributed by atoms with E-state index in [1.807, 2.05) is 23.1 Å². The SMILES string of the molecule is CC(=O)N1CCC(Oc2cc(C(=O)NCc3ccc(Cl)cc3)ncc2-c2cc[nH]n2)CC1. The van der Waals surface area contributed by atoms with Gasteiger partial charge in [-0.05, 0) is 23.8 Å². The molecule has 2 amide bonds. The van der Waals surface area contributed by atoms with Gasteiger partial charge in [0.2, 0.25) is 5.91 Å². The van der Waals surface area contributed by atoms with Crippen molar-refractivity contribution in [1.82, 2.24) is 25.4 Å². The Kier molecular flexibility index (Phi) is 6.70. The van der Waals surface area contributed by atoms with Gasteiger partial charge in [0.25, 0.3) is 5.91 Å². The van der Waals surface area contributed by atoms with E-state index in [0.29, 0.717) is 41.7 Å². The van der Waals surface area contributed by atoms with Crippen molar-refractivity contribution in [2.75, 3.05) is 13.1 Å². The maximum absolute atomic E-state index is 12.7. The van der Waals surface area contributed by atoms with Crippen molar-refractivity contribution < 1.29 is 14.3 Å². The number of halogens is 1. The quantitative estimate of drug-likeness (QED) is 0.595. The number of hydrogen-bond donors (Lipinski definition) is 2. The molecule has 0 spiro atoms. The fraction of sp³-hybridized carbons (Fsp3) is 0.304. The molecular weight excluding hydrogens is 430 g/mol. The van der Waals surface area contributed by atoms with E-state index in [9.17, 15) is 9.59 Å². The molecule has 0 atom stereocenters. The summed E-state index contributed by atoms with van der Waals surface area (Å²) in [4.78, 5) is 30.5. The first-order valence-electron chi connectivity index (χ1n) is 10.4. The van der Waals surface area contributed by atoms with E-state index in [1.54, 1.807) is 37.5 Å². The second kappa shape index (κ2) is 9.82. The number of piperidine rings is 1. The second-order valence-electron chi connectivity index (χ2n) is 7.66. The van der Waals surface area contributed by atoms with Crippen LogP contribution in [0.5, 0.6) is 5.75 Å². The minimum atomic E-state index is -0.301. The number of ether oxygens (including phenoxy) is 1. The number of carbonyl (C=O) groups is 2. The van der Waals surface area contributed by atoms with Crippen LogP contribution in [0.1, 0.15) is 35.8 Å². The van der Waals surface area contributed by atoms with Crippen LogP contribution < -0.4 is 10.1 Å². The number of aromatic nitrogens is 3. The number of hydrogen-bond acceptors (Lipinski definition) is 5. The summed E-state index contributed by atoms with van der Waals surface area (Å²) in [5.74, 6) is 0.319. The van der Waals surface area contributed by atoms with Gasteiger partial charge in [-0.2, -0.15) is 5.10 Å². The molecule has 2 aromatic heterocycles. The minimum absolute atomic E-state index is 0.0596. The predicted octanol–water partition coefficient (Wildman–Crippen LogP) is 3.44. The number of likely N-dealkylation sites (tertiary alicyclic amines) is 1. The number of nitrogens with one attached hydrogen (secondary N) is 2. The summed E-state index contributed by atoms with van der Waals surface area (Å²) >= 11 is 5.91. The van der Waals surface area contributed by atoms with Gasteiger partial charge in [0.05, 0.1) is 11.3 Å². The van der Waals surface area contributed by atoms with Crippen molar-refractivity contribution in [3.05, 3.63) is 65.1 Å². The average molecular weight is 454 g/mol. The summed E-state index contributed by atoms with van der Waals surface area (Å²) in [6, 6.07) is 10.8. The molecule has 32 heavy (non-hydrogen) atoms. The Morgan fingerprint density at radius 3 is 2.62 bits per heavy atom. The van der Waals surface area contributed by atoms with Crippen LogP contribution in [0.3, 0.4) is 0 Å². The fourth-order valence-electron chi connectivity index (χ4n) is 3.60. The van der Waals surface area contributed by atoms with Gasteiger partial charge in [-0.1, -0.05) is 23.7 Å². The minimum Gasteiger partial charge on any atom is -0.489 e. The summed E-state index contributed by atoms with van der Waals surface area (Å²) in [7, 11) is 0. The van der Waals surface area contributed by atoms with Gasteiger partial charge < -0.3 is 15.0 Å². The lowest BCUT2D eigenvalue weighted by Gasteiger charge is -2.31. The maximum Gasteiger partial charge on any atom is 0.270 e. The first kappa shape index (κ1) is 21.8. The van der Waals surface area contributed by atoms with E-state index in [1.165, 1.54) is 0 Å². The number of rotatable bonds is 6. The molecule has 3 aromatic rings. The topological polar surface area (TPSA) is 100 Å². The summed E-state index contributed by atoms with van der Waals surface area (Å²) < 4.78 is 6.28. The number of pyridine rings is 1. The first-order valence-corrected chi connectivity index (χ1v) is 10.8. The Balaban J connectivity index is 1.50. The van der Waals surface area contributed by atoms with Gasteiger partial charge >= 0.3 is 0 Å². The number of H-pyrrole nitrogens is 1. The highest BCUT2D eigenvalue weighted by molar-refractivity contribution is 6.30. The Bertz CT molecular complexity index is 1080. The Labute approximate surface area is 190 Å². The molecule has 2 N–H and O–H groups in total. The lowest BCUT2D eigenvalue weighted by atomic mass is 10.1. The van der Waals surface area contributed by atoms with E-state index < -0.39 is 0 Å². The molecule has 166 valence electrons. The van der Waals surface area contributed by atoms with Crippen LogP contribution in [0.15, 0.2) is 48.8 Å². The molecule has 3 heterocycles. The van der Waals surface area contributed by atoms with Gasteiger partial charge in [-0.25, -0.2) is 0 Å². The summed E-state index contributed by atoms with van der Waals surface area (Å²) in [5.41, 5.74) is 2.58. The van der Waals surface area contributed by atoms with Crippen molar-refractivity contribution in [3.63, 3.8) is 0 Å². The van der Waals surface area contributed by atoms with E-state index in [0.717, 1.165) is 18.4 Å². The molecule has 1 saturated heterocycles. The summed E-state index contributed by atoms with van der Waals surface area (Å²) in [5, 5.41) is 10.5. The molecule has 0 saturated carbocycles. The third kappa shape index (κ3) is 5.26. The van der Waals surface area contributed by atoms with Crippen molar-refractivity contribution >= 4 is 23.4 Å². The van der Waals surface area contributed by atoms with Crippen LogP contribution in [-0.4, -0.2) is 51.1 Å². The number of amides is 2. The second-order valence-corrected chi connectivity index (χ2v) is 8.09. The third-order valence-electron chi connectivity index (χ3n) is 5.42. The monoisotopic (exact) mass is 453 g/mol. The molecule has 9 heteroatoms.